The van der Waals surface area contributed by atoms with Gasteiger partial charge in [-0.1, -0.05) is 29.5 Å². The Hall–Kier alpha value is -2.25. The molecule has 0 spiro atoms. The Balaban J connectivity index is 1.97. The molecule has 1 aromatic carbocycles. The Labute approximate surface area is 125 Å². The number of rotatable bonds is 4. The molecule has 1 aliphatic carbocycles. The van der Waals surface area contributed by atoms with Crippen LogP contribution in [0.3, 0.4) is 0 Å². The fraction of sp³-hybridized carbons (Fsp3) is 0.214. The number of carbonyl (C=O) groups is 2. The van der Waals surface area contributed by atoms with E-state index in [0.29, 0.717) is 5.13 Å². The highest BCUT2D eigenvalue weighted by molar-refractivity contribution is 7.17. The molecular weight excluding hydrogens is 290 g/mol. The van der Waals surface area contributed by atoms with Crippen molar-refractivity contribution >= 4 is 34.0 Å². The van der Waals surface area contributed by atoms with Crippen molar-refractivity contribution in [3.63, 3.8) is 0 Å². The summed E-state index contributed by atoms with van der Waals surface area (Å²) < 4.78 is 0. The Morgan fingerprint density at radius 1 is 1.29 bits per heavy atom. The molecule has 2 amide bonds. The highest BCUT2D eigenvalue weighted by Gasteiger charge is 2.36. The fourth-order valence-electron chi connectivity index (χ4n) is 1.95. The van der Waals surface area contributed by atoms with Crippen LogP contribution >= 0.6 is 11.3 Å². The number of hydroxylamine groups is 1. The lowest BCUT2D eigenvalue weighted by Crippen LogP contribution is -2.27. The zero-order valence-electron chi connectivity index (χ0n) is 11.0. The molecule has 1 saturated carbocycles. The lowest BCUT2D eigenvalue weighted by molar-refractivity contribution is -0.119. The van der Waals surface area contributed by atoms with Gasteiger partial charge in [-0.25, -0.2) is 10.5 Å². The molecule has 3 rings (SSSR count). The molecule has 1 fully saturated rings. The minimum Gasteiger partial charge on any atom is -0.288 e. The summed E-state index contributed by atoms with van der Waals surface area (Å²) in [6.07, 6.45) is 3.12. The number of hydrogen-bond acceptors (Lipinski definition) is 5. The summed E-state index contributed by atoms with van der Waals surface area (Å²) in [7, 11) is 0. The Morgan fingerprint density at radius 3 is 2.62 bits per heavy atom. The Bertz CT molecular complexity index is 667. The van der Waals surface area contributed by atoms with E-state index in [1.54, 1.807) is 5.48 Å². The molecule has 1 aliphatic rings. The predicted octanol–water partition coefficient (Wildman–Crippen LogP) is 2.34. The van der Waals surface area contributed by atoms with Crippen LogP contribution in [-0.2, 0) is 4.79 Å². The molecule has 1 aromatic heterocycles. The van der Waals surface area contributed by atoms with Crippen molar-refractivity contribution in [2.75, 3.05) is 4.90 Å². The van der Waals surface area contributed by atoms with Crippen LogP contribution < -0.4 is 10.4 Å². The topological polar surface area (TPSA) is 82.5 Å². The molecule has 2 aromatic rings. The van der Waals surface area contributed by atoms with Crippen LogP contribution in [-0.4, -0.2) is 22.0 Å². The molecule has 0 radical (unpaired) electrons. The number of carbonyl (C=O) groups excluding carboxylic acids is 2. The maximum atomic E-state index is 12.5. The number of amides is 2. The summed E-state index contributed by atoms with van der Waals surface area (Å²) in [5.74, 6) is -0.610. The van der Waals surface area contributed by atoms with Crippen molar-refractivity contribution in [2.24, 2.45) is 5.92 Å². The average molecular weight is 303 g/mol. The summed E-state index contributed by atoms with van der Waals surface area (Å²) in [5, 5.41) is 9.09. The van der Waals surface area contributed by atoms with E-state index < -0.39 is 5.91 Å². The predicted molar refractivity (Wildman–Crippen MR) is 77.7 cm³/mol. The zero-order valence-corrected chi connectivity index (χ0v) is 11.8. The smallest absolute Gasteiger partial charge is 0.286 e. The third kappa shape index (κ3) is 2.79. The molecule has 0 aliphatic heterocycles. The summed E-state index contributed by atoms with van der Waals surface area (Å²) >= 11 is 1.06. The van der Waals surface area contributed by atoms with Gasteiger partial charge >= 0.3 is 0 Å². The average Bonchev–Trinajstić information content (AvgIpc) is 3.27. The van der Waals surface area contributed by atoms with E-state index in [1.807, 2.05) is 30.3 Å². The Kier molecular flexibility index (Phi) is 3.68. The molecule has 2 N–H and O–H groups in total. The van der Waals surface area contributed by atoms with E-state index in [2.05, 4.69) is 4.98 Å². The van der Waals surface area contributed by atoms with Crippen LogP contribution in [0.2, 0.25) is 0 Å². The molecule has 0 bridgehead atoms. The van der Waals surface area contributed by atoms with Gasteiger partial charge in [0, 0.05) is 5.92 Å². The van der Waals surface area contributed by atoms with Crippen molar-refractivity contribution in [1.29, 1.82) is 0 Å². The van der Waals surface area contributed by atoms with Gasteiger partial charge in [-0.2, -0.15) is 0 Å². The molecule has 0 unspecified atom stereocenters. The van der Waals surface area contributed by atoms with Crippen LogP contribution in [0.5, 0.6) is 0 Å². The highest BCUT2D eigenvalue weighted by Crippen LogP contribution is 2.37. The van der Waals surface area contributed by atoms with Gasteiger partial charge in [0.05, 0.1) is 11.9 Å². The third-order valence-electron chi connectivity index (χ3n) is 3.17. The van der Waals surface area contributed by atoms with Crippen LogP contribution in [0.15, 0.2) is 36.5 Å². The molecule has 1 heterocycles. The van der Waals surface area contributed by atoms with Gasteiger partial charge in [-0.3, -0.25) is 19.7 Å². The number of para-hydroxylation sites is 1. The number of nitrogens with zero attached hydrogens (tertiary/aromatic N) is 2. The van der Waals surface area contributed by atoms with Gasteiger partial charge in [0.2, 0.25) is 5.91 Å². The van der Waals surface area contributed by atoms with Crippen molar-refractivity contribution in [3.05, 3.63) is 41.4 Å². The van der Waals surface area contributed by atoms with Crippen molar-refractivity contribution in [3.8, 4) is 0 Å². The van der Waals surface area contributed by atoms with E-state index in [9.17, 15) is 9.59 Å². The first-order chi connectivity index (χ1) is 10.2. The molecule has 0 saturated heterocycles. The molecule has 6 nitrogen and oxygen atoms in total. The monoisotopic (exact) mass is 303 g/mol. The molecule has 21 heavy (non-hydrogen) atoms. The van der Waals surface area contributed by atoms with E-state index >= 15 is 0 Å². The van der Waals surface area contributed by atoms with Crippen molar-refractivity contribution < 1.29 is 14.8 Å². The summed E-state index contributed by atoms with van der Waals surface area (Å²) in [6.45, 7) is 0. The number of benzene rings is 1. The minimum atomic E-state index is -0.634. The molecule has 0 atom stereocenters. The normalized spacial score (nSPS) is 13.8. The number of hydrogen-bond donors (Lipinski definition) is 2. The van der Waals surface area contributed by atoms with Crippen LogP contribution in [0, 0.1) is 5.92 Å². The van der Waals surface area contributed by atoms with Crippen LogP contribution in [0.1, 0.15) is 22.5 Å². The number of nitrogens with one attached hydrogen (secondary N) is 1. The van der Waals surface area contributed by atoms with E-state index in [-0.39, 0.29) is 16.7 Å². The van der Waals surface area contributed by atoms with Gasteiger partial charge in [0.25, 0.3) is 5.91 Å². The summed E-state index contributed by atoms with van der Waals surface area (Å²) in [4.78, 5) is 29.8. The summed E-state index contributed by atoms with van der Waals surface area (Å²) in [5.41, 5.74) is 2.29. The lowest BCUT2D eigenvalue weighted by atomic mass is 10.2. The number of aromatic nitrogens is 1. The van der Waals surface area contributed by atoms with Crippen LogP contribution in [0.25, 0.3) is 0 Å². The summed E-state index contributed by atoms with van der Waals surface area (Å²) in [6, 6.07) is 9.21. The number of thiazole rings is 1. The number of anilines is 2. The SMILES string of the molecule is O=C(NO)c1cnc(N(C(=O)C2CC2)c2ccccc2)s1. The van der Waals surface area contributed by atoms with Gasteiger partial charge in [0.15, 0.2) is 5.13 Å². The maximum absolute atomic E-state index is 12.5. The van der Waals surface area contributed by atoms with Crippen molar-refractivity contribution in [1.82, 2.24) is 10.5 Å². The first-order valence-corrected chi connectivity index (χ1v) is 7.31. The quantitative estimate of drug-likeness (QED) is 0.671. The zero-order chi connectivity index (χ0) is 14.8. The maximum Gasteiger partial charge on any atom is 0.286 e. The third-order valence-corrected chi connectivity index (χ3v) is 4.15. The second kappa shape index (κ2) is 5.63. The molecular formula is C14H13N3O3S. The van der Waals surface area contributed by atoms with Gasteiger partial charge in [-0.15, -0.1) is 0 Å². The van der Waals surface area contributed by atoms with Gasteiger partial charge in [-0.05, 0) is 25.0 Å². The second-order valence-electron chi connectivity index (χ2n) is 4.73. The largest absolute Gasteiger partial charge is 0.288 e. The van der Waals surface area contributed by atoms with E-state index in [4.69, 9.17) is 5.21 Å². The molecule has 108 valence electrons. The first kappa shape index (κ1) is 13.7. The standard InChI is InChI=1S/C14H13N3O3S/c18-12(16-20)11-8-15-14(21-11)17(13(19)9-6-7-9)10-4-2-1-3-5-10/h1-5,8-9,20H,6-7H2,(H,16,18). The fourth-order valence-corrected chi connectivity index (χ4v) is 2.78. The first-order valence-electron chi connectivity index (χ1n) is 6.50. The van der Waals surface area contributed by atoms with Gasteiger partial charge < -0.3 is 0 Å². The van der Waals surface area contributed by atoms with E-state index in [0.717, 1.165) is 29.9 Å². The van der Waals surface area contributed by atoms with Crippen molar-refractivity contribution in [2.45, 2.75) is 12.8 Å². The molecule has 7 heteroatoms. The highest BCUT2D eigenvalue weighted by atomic mass is 32.1. The lowest BCUT2D eigenvalue weighted by Gasteiger charge is -2.19. The Morgan fingerprint density at radius 2 is 2.00 bits per heavy atom. The van der Waals surface area contributed by atoms with E-state index in [1.165, 1.54) is 11.1 Å². The second-order valence-corrected chi connectivity index (χ2v) is 5.74. The van der Waals surface area contributed by atoms with Gasteiger partial charge in [0.1, 0.15) is 4.88 Å². The minimum absolute atomic E-state index is 0.00786. The van der Waals surface area contributed by atoms with Crippen LogP contribution in [0.4, 0.5) is 10.8 Å².